The summed E-state index contributed by atoms with van der Waals surface area (Å²) in [6.07, 6.45) is 2.79. The van der Waals surface area contributed by atoms with Gasteiger partial charge in [-0.1, -0.05) is 11.3 Å². The molecule has 0 fully saturated rings. The molecule has 7 nitrogen and oxygen atoms in total. The van der Waals surface area contributed by atoms with Crippen molar-refractivity contribution in [2.75, 3.05) is 19.7 Å². The number of benzene rings is 1. The number of hydrogen-bond donors (Lipinski definition) is 2. The Hall–Kier alpha value is -2.43. The molecule has 1 unspecified atom stereocenters. The van der Waals surface area contributed by atoms with Gasteiger partial charge in [-0.2, -0.15) is 5.26 Å². The first kappa shape index (κ1) is 15.0. The van der Waals surface area contributed by atoms with Crippen LogP contribution >= 0.6 is 0 Å². The van der Waals surface area contributed by atoms with Gasteiger partial charge in [0.05, 0.1) is 24.4 Å². The smallest absolute Gasteiger partial charge is 0.120 e. The summed E-state index contributed by atoms with van der Waals surface area (Å²) >= 11 is 0. The monoisotopic (exact) mass is 287 g/mol. The van der Waals surface area contributed by atoms with Gasteiger partial charge < -0.3 is 15.2 Å². The molecule has 0 spiro atoms. The molecule has 0 aliphatic heterocycles. The van der Waals surface area contributed by atoms with E-state index in [-0.39, 0.29) is 6.61 Å². The molecular formula is C14H17N5O2. The van der Waals surface area contributed by atoms with Gasteiger partial charge in [0.1, 0.15) is 18.5 Å². The third kappa shape index (κ3) is 5.22. The maximum absolute atomic E-state index is 9.81. The van der Waals surface area contributed by atoms with E-state index in [1.807, 2.05) is 6.07 Å². The van der Waals surface area contributed by atoms with Crippen molar-refractivity contribution in [3.05, 3.63) is 42.2 Å². The Morgan fingerprint density at radius 2 is 2.38 bits per heavy atom. The third-order valence-electron chi connectivity index (χ3n) is 2.78. The van der Waals surface area contributed by atoms with Gasteiger partial charge in [-0.15, -0.1) is 5.10 Å². The summed E-state index contributed by atoms with van der Waals surface area (Å²) in [7, 11) is 0. The average Bonchev–Trinajstić information content (AvgIpc) is 3.03. The van der Waals surface area contributed by atoms with Crippen molar-refractivity contribution in [1.29, 1.82) is 5.26 Å². The number of aliphatic hydroxyl groups excluding tert-OH is 1. The molecule has 0 saturated carbocycles. The molecule has 110 valence electrons. The Kier molecular flexibility index (Phi) is 5.70. The summed E-state index contributed by atoms with van der Waals surface area (Å²) in [5.41, 5.74) is 0.535. The summed E-state index contributed by atoms with van der Waals surface area (Å²) in [6.45, 7) is 1.97. The van der Waals surface area contributed by atoms with Gasteiger partial charge in [-0.25, -0.2) is 0 Å². The molecule has 1 aromatic heterocycles. The Labute approximate surface area is 122 Å². The van der Waals surface area contributed by atoms with E-state index < -0.39 is 6.10 Å². The van der Waals surface area contributed by atoms with Crippen molar-refractivity contribution in [2.45, 2.75) is 12.6 Å². The van der Waals surface area contributed by atoms with E-state index in [2.05, 4.69) is 15.6 Å². The Morgan fingerprint density at radius 3 is 3.14 bits per heavy atom. The van der Waals surface area contributed by atoms with E-state index in [9.17, 15) is 5.11 Å². The fourth-order valence-corrected chi connectivity index (χ4v) is 1.72. The van der Waals surface area contributed by atoms with Crippen molar-refractivity contribution >= 4 is 0 Å². The standard InChI is InChI=1S/C14H17N5O2/c15-9-12-2-1-3-14(8-12)21-11-13(20)10-16-4-6-19-7-5-17-18-19/h1-3,5,7-8,13,16,20H,4,6,10-11H2. The van der Waals surface area contributed by atoms with Crippen molar-refractivity contribution < 1.29 is 9.84 Å². The van der Waals surface area contributed by atoms with Crippen LogP contribution in [0.5, 0.6) is 5.75 Å². The zero-order valence-electron chi connectivity index (χ0n) is 11.5. The minimum absolute atomic E-state index is 0.172. The molecule has 0 radical (unpaired) electrons. The number of aromatic nitrogens is 3. The van der Waals surface area contributed by atoms with Crippen LogP contribution in [0.3, 0.4) is 0 Å². The molecule has 1 atom stereocenters. The molecule has 0 aliphatic carbocycles. The van der Waals surface area contributed by atoms with Gasteiger partial charge in [-0.05, 0) is 18.2 Å². The number of hydrogen-bond acceptors (Lipinski definition) is 6. The fourth-order valence-electron chi connectivity index (χ4n) is 1.72. The van der Waals surface area contributed by atoms with Gasteiger partial charge in [0.2, 0.25) is 0 Å². The van der Waals surface area contributed by atoms with Gasteiger partial charge in [0.25, 0.3) is 0 Å². The summed E-state index contributed by atoms with van der Waals surface area (Å²) < 4.78 is 7.16. The van der Waals surface area contributed by atoms with E-state index >= 15 is 0 Å². The summed E-state index contributed by atoms with van der Waals surface area (Å²) in [5, 5.41) is 29.2. The Balaban J connectivity index is 1.63. The molecule has 0 saturated heterocycles. The zero-order valence-corrected chi connectivity index (χ0v) is 11.5. The lowest BCUT2D eigenvalue weighted by atomic mass is 10.2. The van der Waals surface area contributed by atoms with Crippen LogP contribution in [-0.2, 0) is 6.54 Å². The van der Waals surface area contributed by atoms with Crippen LogP contribution in [-0.4, -0.2) is 45.9 Å². The van der Waals surface area contributed by atoms with Crippen LogP contribution in [0.25, 0.3) is 0 Å². The van der Waals surface area contributed by atoms with Crippen molar-refractivity contribution in [2.24, 2.45) is 0 Å². The topological polar surface area (TPSA) is 96.0 Å². The first-order chi connectivity index (χ1) is 10.3. The van der Waals surface area contributed by atoms with E-state index in [0.29, 0.717) is 30.9 Å². The van der Waals surface area contributed by atoms with E-state index in [1.54, 1.807) is 41.3 Å². The molecule has 2 rings (SSSR count). The number of nitriles is 1. The highest BCUT2D eigenvalue weighted by molar-refractivity contribution is 5.36. The van der Waals surface area contributed by atoms with Crippen LogP contribution in [0.4, 0.5) is 0 Å². The van der Waals surface area contributed by atoms with Gasteiger partial charge in [0, 0.05) is 19.3 Å². The molecule has 1 heterocycles. The van der Waals surface area contributed by atoms with Crippen LogP contribution in [0, 0.1) is 11.3 Å². The highest BCUT2D eigenvalue weighted by Gasteiger charge is 2.05. The van der Waals surface area contributed by atoms with Crippen molar-refractivity contribution in [1.82, 2.24) is 20.3 Å². The quantitative estimate of drug-likeness (QED) is 0.672. The Bertz CT molecular complexity index is 579. The second-order valence-electron chi connectivity index (χ2n) is 4.47. The van der Waals surface area contributed by atoms with E-state index in [4.69, 9.17) is 10.00 Å². The predicted octanol–water partition coefficient (Wildman–Crippen LogP) is 0.179. The Morgan fingerprint density at radius 1 is 1.48 bits per heavy atom. The average molecular weight is 287 g/mol. The molecule has 1 aromatic carbocycles. The molecular weight excluding hydrogens is 270 g/mol. The lowest BCUT2D eigenvalue weighted by Gasteiger charge is -2.13. The van der Waals surface area contributed by atoms with Crippen molar-refractivity contribution in [3.8, 4) is 11.8 Å². The molecule has 0 bridgehead atoms. The van der Waals surface area contributed by atoms with Crippen LogP contribution in [0.1, 0.15) is 5.56 Å². The lowest BCUT2D eigenvalue weighted by Crippen LogP contribution is -2.33. The minimum Gasteiger partial charge on any atom is -0.491 e. The van der Waals surface area contributed by atoms with Crippen LogP contribution in [0.2, 0.25) is 0 Å². The highest BCUT2D eigenvalue weighted by Crippen LogP contribution is 2.12. The predicted molar refractivity (Wildman–Crippen MR) is 75.6 cm³/mol. The highest BCUT2D eigenvalue weighted by atomic mass is 16.5. The maximum atomic E-state index is 9.81. The second kappa shape index (κ2) is 7.99. The molecule has 7 heteroatoms. The first-order valence-electron chi connectivity index (χ1n) is 6.64. The van der Waals surface area contributed by atoms with Gasteiger partial charge >= 0.3 is 0 Å². The minimum atomic E-state index is -0.619. The molecule has 2 aromatic rings. The van der Waals surface area contributed by atoms with Gasteiger partial charge in [-0.3, -0.25) is 4.68 Å². The van der Waals surface area contributed by atoms with Gasteiger partial charge in [0.15, 0.2) is 0 Å². The maximum Gasteiger partial charge on any atom is 0.120 e. The molecule has 2 N–H and O–H groups in total. The van der Waals surface area contributed by atoms with E-state index in [0.717, 1.165) is 0 Å². The number of rotatable bonds is 8. The number of nitrogens with zero attached hydrogens (tertiary/aromatic N) is 4. The summed E-state index contributed by atoms with van der Waals surface area (Å²) in [6, 6.07) is 8.89. The largest absolute Gasteiger partial charge is 0.491 e. The lowest BCUT2D eigenvalue weighted by molar-refractivity contribution is 0.106. The molecule has 0 aliphatic rings. The molecule has 0 amide bonds. The summed E-state index contributed by atoms with van der Waals surface area (Å²) in [4.78, 5) is 0. The summed E-state index contributed by atoms with van der Waals surface area (Å²) in [5.74, 6) is 0.579. The number of ether oxygens (including phenoxy) is 1. The second-order valence-corrected chi connectivity index (χ2v) is 4.47. The SMILES string of the molecule is N#Cc1cccc(OCC(O)CNCCn2ccnn2)c1. The molecule has 21 heavy (non-hydrogen) atoms. The van der Waals surface area contributed by atoms with E-state index in [1.165, 1.54) is 0 Å². The van der Waals surface area contributed by atoms with Crippen LogP contribution < -0.4 is 10.1 Å². The first-order valence-corrected chi connectivity index (χ1v) is 6.64. The number of nitrogens with one attached hydrogen (secondary N) is 1. The normalized spacial score (nSPS) is 11.8. The fraction of sp³-hybridized carbons (Fsp3) is 0.357. The van der Waals surface area contributed by atoms with Crippen LogP contribution in [0.15, 0.2) is 36.7 Å². The number of aliphatic hydroxyl groups is 1. The zero-order chi connectivity index (χ0) is 14.9. The van der Waals surface area contributed by atoms with Crippen molar-refractivity contribution in [3.63, 3.8) is 0 Å². The third-order valence-corrected chi connectivity index (χ3v) is 2.78.